The molecule has 0 spiro atoms. The zero-order valence-corrected chi connectivity index (χ0v) is 13.7. The molecule has 1 aliphatic carbocycles. The van der Waals surface area contributed by atoms with E-state index in [1.165, 1.54) is 5.56 Å². The third-order valence-corrected chi connectivity index (χ3v) is 4.89. The van der Waals surface area contributed by atoms with Gasteiger partial charge in [-0.15, -0.1) is 12.4 Å². The summed E-state index contributed by atoms with van der Waals surface area (Å²) >= 11 is 0. The molecule has 2 N–H and O–H groups in total. The van der Waals surface area contributed by atoms with Crippen molar-refractivity contribution in [1.29, 1.82) is 0 Å². The van der Waals surface area contributed by atoms with Gasteiger partial charge in [-0.3, -0.25) is 4.79 Å². The molecule has 0 unspecified atom stereocenters. The van der Waals surface area contributed by atoms with Crippen molar-refractivity contribution in [1.82, 2.24) is 5.32 Å². The lowest BCUT2D eigenvalue weighted by atomic mass is 10.0. The first-order valence-corrected chi connectivity index (χ1v) is 6.85. The summed E-state index contributed by atoms with van der Waals surface area (Å²) in [6.07, 6.45) is 0. The van der Waals surface area contributed by atoms with Crippen LogP contribution in [0.3, 0.4) is 0 Å². The first kappa shape index (κ1) is 17.0. The number of hydrogen-bond acceptors (Lipinski definition) is 2. The van der Waals surface area contributed by atoms with Crippen LogP contribution in [-0.4, -0.2) is 13.0 Å². The number of amides is 1. The van der Waals surface area contributed by atoms with Gasteiger partial charge in [0.1, 0.15) is 0 Å². The van der Waals surface area contributed by atoms with Crippen molar-refractivity contribution in [2.75, 3.05) is 12.4 Å². The first-order valence-electron chi connectivity index (χ1n) is 6.85. The van der Waals surface area contributed by atoms with Gasteiger partial charge in [0.15, 0.2) is 0 Å². The fraction of sp³-hybridized carbons (Fsp3) is 0.562. The maximum atomic E-state index is 12.3. The van der Waals surface area contributed by atoms with E-state index in [9.17, 15) is 4.79 Å². The molecule has 0 bridgehead atoms. The second-order valence-electron chi connectivity index (χ2n) is 6.59. The summed E-state index contributed by atoms with van der Waals surface area (Å²) in [6, 6.07) is 8.00. The summed E-state index contributed by atoms with van der Waals surface area (Å²) in [5, 5.41) is 6.13. The average Bonchev–Trinajstić information content (AvgIpc) is 2.72. The Morgan fingerprint density at radius 3 is 2.00 bits per heavy atom. The van der Waals surface area contributed by atoms with Crippen molar-refractivity contribution in [3.05, 3.63) is 29.8 Å². The Morgan fingerprint density at radius 2 is 1.60 bits per heavy atom. The van der Waals surface area contributed by atoms with Gasteiger partial charge >= 0.3 is 0 Å². The standard InChI is InChI=1S/C16H24N2O.ClH/c1-15(2)13(16(15,3)4)14(19)18-12-8-6-11(7-9-12)10-17-5;/h6-9,13,17H,10H2,1-5H3,(H,18,19);1H. The Bertz CT molecular complexity index is 466. The van der Waals surface area contributed by atoms with Crippen molar-refractivity contribution in [2.24, 2.45) is 16.7 Å². The fourth-order valence-electron chi connectivity index (χ4n) is 2.98. The number of carbonyl (C=O) groups excluding carboxylic acids is 1. The smallest absolute Gasteiger partial charge is 0.228 e. The van der Waals surface area contributed by atoms with Crippen LogP contribution < -0.4 is 10.6 Å². The molecule has 1 amide bonds. The minimum Gasteiger partial charge on any atom is -0.326 e. The van der Waals surface area contributed by atoms with Gasteiger partial charge in [-0.05, 0) is 35.6 Å². The molecule has 2 rings (SSSR count). The highest BCUT2D eigenvalue weighted by Crippen LogP contribution is 2.68. The lowest BCUT2D eigenvalue weighted by Gasteiger charge is -2.07. The molecule has 1 fully saturated rings. The highest BCUT2D eigenvalue weighted by molar-refractivity contribution is 5.96. The summed E-state index contributed by atoms with van der Waals surface area (Å²) in [5.74, 6) is 0.230. The lowest BCUT2D eigenvalue weighted by molar-refractivity contribution is -0.118. The lowest BCUT2D eigenvalue weighted by Crippen LogP contribution is -2.17. The normalized spacial score (nSPS) is 19.1. The molecule has 4 heteroatoms. The van der Waals surface area contributed by atoms with Gasteiger partial charge in [0, 0.05) is 18.2 Å². The van der Waals surface area contributed by atoms with Crippen LogP contribution >= 0.6 is 12.4 Å². The monoisotopic (exact) mass is 296 g/mol. The number of nitrogens with one attached hydrogen (secondary N) is 2. The van der Waals surface area contributed by atoms with Crippen LogP contribution in [0.25, 0.3) is 0 Å². The van der Waals surface area contributed by atoms with Gasteiger partial charge in [0.2, 0.25) is 5.91 Å². The number of hydrogen-bond donors (Lipinski definition) is 2. The van der Waals surface area contributed by atoms with Gasteiger partial charge in [-0.1, -0.05) is 39.8 Å². The quantitative estimate of drug-likeness (QED) is 0.893. The van der Waals surface area contributed by atoms with Crippen LogP contribution in [0.5, 0.6) is 0 Å². The highest BCUT2D eigenvalue weighted by Gasteiger charge is 2.68. The predicted molar refractivity (Wildman–Crippen MR) is 86.1 cm³/mol. The minimum absolute atomic E-state index is 0. The molecule has 0 aromatic heterocycles. The first-order chi connectivity index (χ1) is 8.80. The highest BCUT2D eigenvalue weighted by atomic mass is 35.5. The Balaban J connectivity index is 0.00000200. The Kier molecular flexibility index (Phi) is 4.88. The molecule has 0 aliphatic heterocycles. The molecule has 1 aromatic carbocycles. The van der Waals surface area contributed by atoms with E-state index >= 15 is 0 Å². The maximum absolute atomic E-state index is 12.3. The third-order valence-electron chi connectivity index (χ3n) is 4.89. The molecule has 0 radical (unpaired) electrons. The van der Waals surface area contributed by atoms with E-state index in [1.807, 2.05) is 31.3 Å². The summed E-state index contributed by atoms with van der Waals surface area (Å²) in [4.78, 5) is 12.3. The summed E-state index contributed by atoms with van der Waals surface area (Å²) in [6.45, 7) is 9.48. The van der Waals surface area contributed by atoms with E-state index < -0.39 is 0 Å². The molecular weight excluding hydrogens is 272 g/mol. The SMILES string of the molecule is CNCc1ccc(NC(=O)C2C(C)(C)C2(C)C)cc1.Cl. The number of rotatable bonds is 4. The molecule has 0 atom stereocenters. The Morgan fingerprint density at radius 1 is 1.10 bits per heavy atom. The van der Waals surface area contributed by atoms with E-state index in [-0.39, 0.29) is 35.1 Å². The molecule has 112 valence electrons. The second kappa shape index (κ2) is 5.74. The Labute approximate surface area is 127 Å². The molecule has 20 heavy (non-hydrogen) atoms. The third kappa shape index (κ3) is 2.84. The molecule has 1 saturated carbocycles. The van der Waals surface area contributed by atoms with Crippen LogP contribution in [0.1, 0.15) is 33.3 Å². The predicted octanol–water partition coefficient (Wildman–Crippen LogP) is 3.45. The van der Waals surface area contributed by atoms with E-state index in [1.54, 1.807) is 0 Å². The number of carbonyl (C=O) groups is 1. The van der Waals surface area contributed by atoms with Crippen molar-refractivity contribution < 1.29 is 4.79 Å². The zero-order valence-electron chi connectivity index (χ0n) is 12.9. The topological polar surface area (TPSA) is 41.1 Å². The molecular formula is C16H25ClN2O. The summed E-state index contributed by atoms with van der Waals surface area (Å²) < 4.78 is 0. The average molecular weight is 297 g/mol. The summed E-state index contributed by atoms with van der Waals surface area (Å²) in [5.41, 5.74) is 2.27. The van der Waals surface area contributed by atoms with Crippen LogP contribution in [0.4, 0.5) is 5.69 Å². The van der Waals surface area contributed by atoms with Crippen LogP contribution in [-0.2, 0) is 11.3 Å². The molecule has 1 aromatic rings. The largest absolute Gasteiger partial charge is 0.326 e. The van der Waals surface area contributed by atoms with Gasteiger partial charge < -0.3 is 10.6 Å². The van der Waals surface area contributed by atoms with E-state index in [2.05, 4.69) is 38.3 Å². The molecule has 1 aliphatic rings. The van der Waals surface area contributed by atoms with Crippen molar-refractivity contribution >= 4 is 24.0 Å². The maximum Gasteiger partial charge on any atom is 0.228 e. The van der Waals surface area contributed by atoms with Crippen LogP contribution in [0, 0.1) is 16.7 Å². The van der Waals surface area contributed by atoms with Crippen molar-refractivity contribution in [2.45, 2.75) is 34.2 Å². The number of halogens is 1. The van der Waals surface area contributed by atoms with Gasteiger partial charge in [0.05, 0.1) is 0 Å². The molecule has 0 saturated heterocycles. The van der Waals surface area contributed by atoms with Gasteiger partial charge in [-0.2, -0.15) is 0 Å². The van der Waals surface area contributed by atoms with E-state index in [0.29, 0.717) is 0 Å². The Hall–Kier alpha value is -1.06. The van der Waals surface area contributed by atoms with Gasteiger partial charge in [0.25, 0.3) is 0 Å². The van der Waals surface area contributed by atoms with Crippen molar-refractivity contribution in [3.8, 4) is 0 Å². The summed E-state index contributed by atoms with van der Waals surface area (Å²) in [7, 11) is 1.92. The van der Waals surface area contributed by atoms with Crippen LogP contribution in [0.2, 0.25) is 0 Å². The minimum atomic E-state index is 0. The second-order valence-corrected chi connectivity index (χ2v) is 6.59. The van der Waals surface area contributed by atoms with E-state index in [4.69, 9.17) is 0 Å². The molecule has 3 nitrogen and oxygen atoms in total. The number of benzene rings is 1. The fourth-order valence-corrected chi connectivity index (χ4v) is 2.98. The zero-order chi connectivity index (χ0) is 14.3. The van der Waals surface area contributed by atoms with Gasteiger partial charge in [-0.25, -0.2) is 0 Å². The number of anilines is 1. The molecule has 0 heterocycles. The van der Waals surface area contributed by atoms with E-state index in [0.717, 1.165) is 12.2 Å². The van der Waals surface area contributed by atoms with Crippen molar-refractivity contribution in [3.63, 3.8) is 0 Å². The van der Waals surface area contributed by atoms with Crippen LogP contribution in [0.15, 0.2) is 24.3 Å².